The molecule has 1 aliphatic carbocycles. The second kappa shape index (κ2) is 6.48. The molecule has 0 spiro atoms. The van der Waals surface area contributed by atoms with Gasteiger partial charge in [0, 0.05) is 30.6 Å². The summed E-state index contributed by atoms with van der Waals surface area (Å²) in [5.74, 6) is 1.09. The Morgan fingerprint density at radius 1 is 1.32 bits per heavy atom. The lowest BCUT2D eigenvalue weighted by atomic mass is 9.75. The van der Waals surface area contributed by atoms with Crippen LogP contribution in [0.25, 0.3) is 0 Å². The van der Waals surface area contributed by atoms with Crippen molar-refractivity contribution in [1.82, 2.24) is 9.80 Å². The molecule has 6 heteroatoms. The molecule has 1 aliphatic heterocycles. The van der Waals surface area contributed by atoms with Crippen LogP contribution < -0.4 is 0 Å². The van der Waals surface area contributed by atoms with E-state index >= 15 is 0 Å². The fourth-order valence-electron chi connectivity index (χ4n) is 4.11. The van der Waals surface area contributed by atoms with Gasteiger partial charge in [-0.15, -0.1) is 0 Å². The van der Waals surface area contributed by atoms with Crippen LogP contribution in [0.1, 0.15) is 60.6 Å². The summed E-state index contributed by atoms with van der Waals surface area (Å²) in [6.07, 6.45) is 3.38. The van der Waals surface area contributed by atoms with Gasteiger partial charge in [0.15, 0.2) is 5.76 Å². The second-order valence-electron chi connectivity index (χ2n) is 8.37. The SMILES string of the molecule is Cc1c(C(=O)N(C)C2CCN(C)CC2)oc2c1/C(=N/O)CC(C)(C)C2. The highest BCUT2D eigenvalue weighted by molar-refractivity contribution is 6.06. The fourth-order valence-corrected chi connectivity index (χ4v) is 4.11. The molecule has 0 atom stereocenters. The Balaban J connectivity index is 1.89. The molecule has 0 saturated carbocycles. The molecule has 25 heavy (non-hydrogen) atoms. The quantitative estimate of drug-likeness (QED) is 0.660. The van der Waals surface area contributed by atoms with E-state index in [-0.39, 0.29) is 17.4 Å². The summed E-state index contributed by atoms with van der Waals surface area (Å²) in [4.78, 5) is 17.2. The van der Waals surface area contributed by atoms with Crippen molar-refractivity contribution < 1.29 is 14.4 Å². The first-order valence-corrected chi connectivity index (χ1v) is 9.03. The lowest BCUT2D eigenvalue weighted by molar-refractivity contribution is 0.0624. The number of furan rings is 1. The van der Waals surface area contributed by atoms with E-state index in [4.69, 9.17) is 4.42 Å². The number of nitrogens with zero attached hydrogens (tertiary/aromatic N) is 3. The van der Waals surface area contributed by atoms with Crippen molar-refractivity contribution in [2.45, 2.75) is 52.5 Å². The molecule has 1 amide bonds. The summed E-state index contributed by atoms with van der Waals surface area (Å²) in [5.41, 5.74) is 2.19. The van der Waals surface area contributed by atoms with Crippen molar-refractivity contribution in [2.75, 3.05) is 27.2 Å². The Morgan fingerprint density at radius 3 is 2.56 bits per heavy atom. The minimum absolute atomic E-state index is 0.0426. The molecule has 0 radical (unpaired) electrons. The van der Waals surface area contributed by atoms with Crippen molar-refractivity contribution in [3.05, 3.63) is 22.6 Å². The minimum atomic E-state index is -0.0726. The van der Waals surface area contributed by atoms with E-state index in [0.717, 1.165) is 49.2 Å². The highest BCUT2D eigenvalue weighted by Gasteiger charge is 2.37. The van der Waals surface area contributed by atoms with Crippen LogP contribution in [0.4, 0.5) is 0 Å². The predicted octanol–water partition coefficient (Wildman–Crippen LogP) is 2.90. The molecule has 0 aromatic carbocycles. The maximum atomic E-state index is 13.0. The van der Waals surface area contributed by atoms with Gasteiger partial charge in [0.25, 0.3) is 5.91 Å². The van der Waals surface area contributed by atoms with Crippen LogP contribution in [0.3, 0.4) is 0 Å². The molecule has 1 aromatic heterocycles. The first-order chi connectivity index (χ1) is 11.7. The molecule has 138 valence electrons. The molecule has 0 unspecified atom stereocenters. The Bertz CT molecular complexity index is 697. The van der Waals surface area contributed by atoms with E-state index < -0.39 is 0 Å². The summed E-state index contributed by atoms with van der Waals surface area (Å²) in [5, 5.41) is 12.9. The lowest BCUT2D eigenvalue weighted by Gasteiger charge is -2.34. The van der Waals surface area contributed by atoms with Crippen molar-refractivity contribution in [1.29, 1.82) is 0 Å². The Labute approximate surface area is 149 Å². The molecule has 1 N–H and O–H groups in total. The van der Waals surface area contributed by atoms with Gasteiger partial charge in [0.1, 0.15) is 5.76 Å². The molecule has 2 heterocycles. The second-order valence-corrected chi connectivity index (χ2v) is 8.37. The van der Waals surface area contributed by atoms with Crippen molar-refractivity contribution >= 4 is 11.6 Å². The maximum Gasteiger partial charge on any atom is 0.289 e. The van der Waals surface area contributed by atoms with Gasteiger partial charge in [-0.3, -0.25) is 4.79 Å². The number of hydrogen-bond donors (Lipinski definition) is 1. The molecule has 2 aliphatic rings. The van der Waals surface area contributed by atoms with Crippen molar-refractivity contribution in [3.63, 3.8) is 0 Å². The summed E-state index contributed by atoms with van der Waals surface area (Å²) in [7, 11) is 3.98. The summed E-state index contributed by atoms with van der Waals surface area (Å²) in [6, 6.07) is 0.243. The molecular weight excluding hydrogens is 318 g/mol. The smallest absolute Gasteiger partial charge is 0.289 e. The number of oxime groups is 1. The highest BCUT2D eigenvalue weighted by atomic mass is 16.4. The fraction of sp³-hybridized carbons (Fsp3) is 0.684. The molecule has 1 aromatic rings. The number of hydrogen-bond acceptors (Lipinski definition) is 5. The summed E-state index contributed by atoms with van der Waals surface area (Å²) in [6.45, 7) is 8.13. The monoisotopic (exact) mass is 347 g/mol. The molecule has 6 nitrogen and oxygen atoms in total. The molecule has 1 saturated heterocycles. The predicted molar refractivity (Wildman–Crippen MR) is 96.5 cm³/mol. The van der Waals surface area contributed by atoms with E-state index in [1.165, 1.54) is 0 Å². The van der Waals surface area contributed by atoms with Crippen molar-refractivity contribution in [2.24, 2.45) is 10.6 Å². The Morgan fingerprint density at radius 2 is 1.96 bits per heavy atom. The van der Waals surface area contributed by atoms with Gasteiger partial charge in [0.2, 0.25) is 0 Å². The Kier molecular flexibility index (Phi) is 4.66. The zero-order valence-corrected chi connectivity index (χ0v) is 15.9. The van der Waals surface area contributed by atoms with Crippen LogP contribution in [0.5, 0.6) is 0 Å². The van der Waals surface area contributed by atoms with Crippen LogP contribution in [0, 0.1) is 12.3 Å². The number of fused-ring (bicyclic) bond motifs is 1. The number of carbonyl (C=O) groups excluding carboxylic acids is 1. The molecule has 1 fully saturated rings. The zero-order valence-electron chi connectivity index (χ0n) is 15.9. The van der Waals surface area contributed by atoms with Crippen LogP contribution in [-0.2, 0) is 6.42 Å². The first-order valence-electron chi connectivity index (χ1n) is 9.03. The third-order valence-electron chi connectivity index (χ3n) is 5.66. The van der Waals surface area contributed by atoms with Crippen LogP contribution in [0.2, 0.25) is 0 Å². The van der Waals surface area contributed by atoms with Crippen LogP contribution in [-0.4, -0.2) is 59.9 Å². The number of rotatable bonds is 2. The molecule has 3 rings (SSSR count). The van der Waals surface area contributed by atoms with Gasteiger partial charge < -0.3 is 19.4 Å². The van der Waals surface area contributed by atoms with Gasteiger partial charge in [-0.25, -0.2) is 0 Å². The first kappa shape index (κ1) is 18.0. The third-order valence-corrected chi connectivity index (χ3v) is 5.66. The van der Waals surface area contributed by atoms with E-state index in [2.05, 4.69) is 31.0 Å². The average Bonchev–Trinajstić information content (AvgIpc) is 2.88. The van der Waals surface area contributed by atoms with E-state index in [1.807, 2.05) is 18.9 Å². The number of piperidine rings is 1. The van der Waals surface area contributed by atoms with Gasteiger partial charge >= 0.3 is 0 Å². The normalized spacial score (nSPS) is 22.8. The van der Waals surface area contributed by atoms with Gasteiger partial charge in [-0.2, -0.15) is 0 Å². The largest absolute Gasteiger partial charge is 0.455 e. The van der Waals surface area contributed by atoms with E-state index in [9.17, 15) is 10.0 Å². The maximum absolute atomic E-state index is 13.0. The topological polar surface area (TPSA) is 69.3 Å². The van der Waals surface area contributed by atoms with Gasteiger partial charge in [-0.05, 0) is 51.7 Å². The molecule has 0 bridgehead atoms. The number of likely N-dealkylation sites (tertiary alicyclic amines) is 1. The van der Waals surface area contributed by atoms with E-state index in [1.54, 1.807) is 0 Å². The zero-order chi connectivity index (χ0) is 18.4. The van der Waals surface area contributed by atoms with Gasteiger partial charge in [-0.1, -0.05) is 19.0 Å². The molecular formula is C19H29N3O3. The minimum Gasteiger partial charge on any atom is -0.455 e. The van der Waals surface area contributed by atoms with Crippen molar-refractivity contribution in [3.8, 4) is 0 Å². The standard InChI is InChI=1S/C19H29N3O3/c1-12-16-14(20-24)10-19(2,3)11-15(16)25-17(12)18(23)22(5)13-6-8-21(4)9-7-13/h13,24H,6-11H2,1-5H3/b20-14+. The van der Waals surface area contributed by atoms with Gasteiger partial charge in [0.05, 0.1) is 5.71 Å². The average molecular weight is 347 g/mol. The summed E-state index contributed by atoms with van der Waals surface area (Å²) >= 11 is 0. The lowest BCUT2D eigenvalue weighted by Crippen LogP contribution is -2.44. The Hall–Kier alpha value is -1.82. The number of carbonyl (C=O) groups is 1. The third kappa shape index (κ3) is 3.32. The van der Waals surface area contributed by atoms with Crippen LogP contribution >= 0.6 is 0 Å². The van der Waals surface area contributed by atoms with Crippen LogP contribution in [0.15, 0.2) is 9.57 Å². The highest BCUT2D eigenvalue weighted by Crippen LogP contribution is 2.39. The van der Waals surface area contributed by atoms with E-state index in [0.29, 0.717) is 17.9 Å². The summed E-state index contributed by atoms with van der Waals surface area (Å²) < 4.78 is 6.01. The number of amides is 1.